The fraction of sp³-hybridized carbons (Fsp3) is 0.533. The van der Waals surface area contributed by atoms with Gasteiger partial charge in [0, 0.05) is 25.3 Å². The summed E-state index contributed by atoms with van der Waals surface area (Å²) >= 11 is 5.41. The highest BCUT2D eigenvalue weighted by Gasteiger charge is 2.31. The van der Waals surface area contributed by atoms with Gasteiger partial charge in [-0.15, -0.1) is 24.0 Å². The number of carbonyl (C=O) groups excluding carboxylic acids is 1. The Morgan fingerprint density at radius 2 is 1.90 bits per heavy atom. The topological polar surface area (TPSA) is 52.6 Å². The van der Waals surface area contributed by atoms with Crippen LogP contribution >= 0.6 is 24.0 Å². The smallest absolute Gasteiger partial charge is 0.234 e. The molecule has 2 N–H and O–H groups in total. The first-order chi connectivity index (χ1) is 9.63. The van der Waals surface area contributed by atoms with E-state index in [1.807, 2.05) is 18.2 Å². The van der Waals surface area contributed by atoms with Crippen LogP contribution in [0.25, 0.3) is 0 Å². The van der Waals surface area contributed by atoms with Crippen LogP contribution in [0.1, 0.15) is 19.3 Å². The maximum atomic E-state index is 11.1. The van der Waals surface area contributed by atoms with E-state index in [4.69, 9.17) is 11.6 Å². The lowest BCUT2D eigenvalue weighted by Gasteiger charge is -2.39. The van der Waals surface area contributed by atoms with E-state index in [1.54, 1.807) is 0 Å². The highest BCUT2D eigenvalue weighted by Crippen LogP contribution is 2.28. The molecule has 1 aromatic rings. The predicted octanol–water partition coefficient (Wildman–Crippen LogP) is 2.18. The molecule has 0 spiro atoms. The molecule has 0 atom stereocenters. The number of nitrogens with zero attached hydrogens (tertiary/aromatic N) is 1. The molecule has 1 aliphatic heterocycles. The number of hydrogen-bond donors (Lipinski definition) is 2. The van der Waals surface area contributed by atoms with Crippen molar-refractivity contribution in [3.05, 3.63) is 30.3 Å². The molecule has 1 amide bonds. The van der Waals surface area contributed by atoms with Gasteiger partial charge >= 0.3 is 0 Å². The van der Waals surface area contributed by atoms with Crippen LogP contribution in [0.3, 0.4) is 0 Å². The number of nitrogens with one attached hydrogen (secondary N) is 1. The average Bonchev–Trinajstić information content (AvgIpc) is 2.48. The SMILES string of the molecule is Cl.O=C(CCl)NCCC1(O)CCN(c2ccccc2)CC1. The summed E-state index contributed by atoms with van der Waals surface area (Å²) in [5, 5.41) is 13.2. The van der Waals surface area contributed by atoms with Crippen LogP contribution in [-0.2, 0) is 4.79 Å². The van der Waals surface area contributed by atoms with Gasteiger partial charge in [0.05, 0.1) is 5.60 Å². The molecule has 1 heterocycles. The van der Waals surface area contributed by atoms with Gasteiger partial charge in [0.25, 0.3) is 0 Å². The maximum absolute atomic E-state index is 11.1. The number of aliphatic hydroxyl groups is 1. The minimum Gasteiger partial charge on any atom is -0.390 e. The second-order valence-electron chi connectivity index (χ2n) is 5.28. The van der Waals surface area contributed by atoms with Gasteiger partial charge in [-0.2, -0.15) is 0 Å². The molecular formula is C15H22Cl2N2O2. The van der Waals surface area contributed by atoms with Crippen molar-refractivity contribution in [1.82, 2.24) is 5.32 Å². The standard InChI is InChI=1S/C15H21ClN2O2.ClH/c16-12-14(19)17-9-6-15(20)7-10-18(11-8-15)13-4-2-1-3-5-13;/h1-5,20H,6-12H2,(H,17,19);1H. The molecule has 4 nitrogen and oxygen atoms in total. The summed E-state index contributed by atoms with van der Waals surface area (Å²) in [7, 11) is 0. The third kappa shape index (κ3) is 5.38. The number of rotatable bonds is 5. The molecule has 0 radical (unpaired) electrons. The summed E-state index contributed by atoms with van der Waals surface area (Å²) in [5.41, 5.74) is 0.523. The van der Waals surface area contributed by atoms with E-state index in [2.05, 4.69) is 22.3 Å². The predicted molar refractivity (Wildman–Crippen MR) is 88.4 cm³/mol. The molecule has 2 rings (SSSR count). The van der Waals surface area contributed by atoms with Crippen LogP contribution in [-0.4, -0.2) is 42.1 Å². The van der Waals surface area contributed by atoms with Crippen molar-refractivity contribution in [3.63, 3.8) is 0 Å². The molecule has 118 valence electrons. The van der Waals surface area contributed by atoms with Crippen molar-refractivity contribution in [3.8, 4) is 0 Å². The fourth-order valence-corrected chi connectivity index (χ4v) is 2.65. The Kier molecular flexibility index (Phi) is 7.29. The number of piperidine rings is 1. The zero-order valence-electron chi connectivity index (χ0n) is 11.9. The van der Waals surface area contributed by atoms with E-state index in [0.717, 1.165) is 25.9 Å². The highest BCUT2D eigenvalue weighted by atomic mass is 35.5. The zero-order chi connectivity index (χ0) is 14.4. The first-order valence-corrected chi connectivity index (χ1v) is 7.51. The molecule has 1 aromatic carbocycles. The number of anilines is 1. The van der Waals surface area contributed by atoms with Crippen LogP contribution in [0.2, 0.25) is 0 Å². The van der Waals surface area contributed by atoms with Crippen LogP contribution in [0, 0.1) is 0 Å². The molecular weight excluding hydrogens is 311 g/mol. The van der Waals surface area contributed by atoms with Gasteiger partial charge in [0.15, 0.2) is 0 Å². The van der Waals surface area contributed by atoms with Crippen LogP contribution < -0.4 is 10.2 Å². The summed E-state index contributed by atoms with van der Waals surface area (Å²) in [4.78, 5) is 13.3. The van der Waals surface area contributed by atoms with Crippen molar-refractivity contribution < 1.29 is 9.90 Å². The lowest BCUT2D eigenvalue weighted by molar-refractivity contribution is -0.118. The second kappa shape index (κ2) is 8.47. The summed E-state index contributed by atoms with van der Waals surface area (Å²) in [6.07, 6.45) is 2.02. The number of alkyl halides is 1. The van der Waals surface area contributed by atoms with Crippen LogP contribution in [0.5, 0.6) is 0 Å². The van der Waals surface area contributed by atoms with Crippen LogP contribution in [0.15, 0.2) is 30.3 Å². The largest absolute Gasteiger partial charge is 0.390 e. The Morgan fingerprint density at radius 3 is 2.48 bits per heavy atom. The third-order valence-electron chi connectivity index (χ3n) is 3.85. The van der Waals surface area contributed by atoms with Gasteiger partial charge in [-0.3, -0.25) is 4.79 Å². The Morgan fingerprint density at radius 1 is 1.29 bits per heavy atom. The van der Waals surface area contributed by atoms with Gasteiger partial charge in [-0.05, 0) is 31.4 Å². The molecule has 1 aliphatic rings. The number of carbonyl (C=O) groups is 1. The fourth-order valence-electron chi connectivity index (χ4n) is 2.55. The molecule has 0 unspecified atom stereocenters. The number of hydrogen-bond acceptors (Lipinski definition) is 3. The Bertz CT molecular complexity index is 435. The minimum atomic E-state index is -0.676. The summed E-state index contributed by atoms with van der Waals surface area (Å²) in [6.45, 7) is 2.15. The van der Waals surface area contributed by atoms with Gasteiger partial charge < -0.3 is 15.3 Å². The van der Waals surface area contributed by atoms with E-state index in [9.17, 15) is 9.90 Å². The van der Waals surface area contributed by atoms with E-state index in [1.165, 1.54) is 5.69 Å². The minimum absolute atomic E-state index is 0. The van der Waals surface area contributed by atoms with Gasteiger partial charge in [-0.1, -0.05) is 18.2 Å². The Labute approximate surface area is 136 Å². The third-order valence-corrected chi connectivity index (χ3v) is 4.09. The van der Waals surface area contributed by atoms with Crippen molar-refractivity contribution in [2.24, 2.45) is 0 Å². The molecule has 1 fully saturated rings. The molecule has 6 heteroatoms. The Hall–Kier alpha value is -0.970. The molecule has 0 saturated carbocycles. The maximum Gasteiger partial charge on any atom is 0.234 e. The van der Waals surface area contributed by atoms with E-state index >= 15 is 0 Å². The quantitative estimate of drug-likeness (QED) is 0.812. The van der Waals surface area contributed by atoms with Crippen molar-refractivity contribution in [2.45, 2.75) is 24.9 Å². The molecule has 0 bridgehead atoms. The lowest BCUT2D eigenvalue weighted by atomic mass is 9.88. The van der Waals surface area contributed by atoms with Crippen molar-refractivity contribution in [2.75, 3.05) is 30.4 Å². The molecule has 1 saturated heterocycles. The first-order valence-electron chi connectivity index (χ1n) is 6.98. The lowest BCUT2D eigenvalue weighted by Crippen LogP contribution is -2.46. The number of amides is 1. The summed E-state index contributed by atoms with van der Waals surface area (Å²) < 4.78 is 0. The van der Waals surface area contributed by atoms with Gasteiger partial charge in [0.1, 0.15) is 5.88 Å². The highest BCUT2D eigenvalue weighted by molar-refractivity contribution is 6.27. The number of benzene rings is 1. The van der Waals surface area contributed by atoms with E-state index in [-0.39, 0.29) is 24.2 Å². The van der Waals surface area contributed by atoms with E-state index < -0.39 is 5.60 Å². The average molecular weight is 333 g/mol. The number of para-hydroxylation sites is 1. The monoisotopic (exact) mass is 332 g/mol. The zero-order valence-corrected chi connectivity index (χ0v) is 13.5. The van der Waals surface area contributed by atoms with Crippen molar-refractivity contribution in [1.29, 1.82) is 0 Å². The normalized spacial score (nSPS) is 17.0. The Balaban J connectivity index is 0.00000220. The molecule has 0 aliphatic carbocycles. The van der Waals surface area contributed by atoms with Gasteiger partial charge in [0.2, 0.25) is 5.91 Å². The van der Waals surface area contributed by atoms with Crippen molar-refractivity contribution >= 4 is 35.6 Å². The summed E-state index contributed by atoms with van der Waals surface area (Å²) in [5.74, 6) is -0.211. The molecule has 21 heavy (non-hydrogen) atoms. The van der Waals surface area contributed by atoms with Crippen LogP contribution in [0.4, 0.5) is 5.69 Å². The van der Waals surface area contributed by atoms with Gasteiger partial charge in [-0.25, -0.2) is 0 Å². The first kappa shape index (κ1) is 18.1. The second-order valence-corrected chi connectivity index (χ2v) is 5.55. The molecule has 0 aromatic heterocycles. The number of halogens is 2. The van der Waals surface area contributed by atoms with E-state index in [0.29, 0.717) is 13.0 Å². The summed E-state index contributed by atoms with van der Waals surface area (Å²) in [6, 6.07) is 10.2.